The molecule has 3 aliphatic rings. The van der Waals surface area contributed by atoms with Crippen LogP contribution in [0.5, 0.6) is 0 Å². The predicted octanol–water partition coefficient (Wildman–Crippen LogP) is 3.14. The molecule has 0 unspecified atom stereocenters. The Balaban J connectivity index is 1.58. The van der Waals surface area contributed by atoms with Crippen LogP contribution in [0, 0.1) is 5.92 Å². The second-order valence-corrected chi connectivity index (χ2v) is 7.60. The van der Waals surface area contributed by atoms with E-state index in [0.29, 0.717) is 30.4 Å². The van der Waals surface area contributed by atoms with Crippen LogP contribution in [0.1, 0.15) is 52.5 Å². The van der Waals surface area contributed by atoms with Gasteiger partial charge in [0.05, 0.1) is 6.04 Å². The van der Waals surface area contributed by atoms with Gasteiger partial charge in [-0.2, -0.15) is 0 Å². The van der Waals surface area contributed by atoms with E-state index in [4.69, 9.17) is 4.11 Å². The summed E-state index contributed by atoms with van der Waals surface area (Å²) in [4.78, 5) is 28.5. The van der Waals surface area contributed by atoms with E-state index in [1.807, 2.05) is 24.5 Å². The average molecular weight is 362 g/mol. The topological polar surface area (TPSA) is 62.3 Å². The van der Waals surface area contributed by atoms with Crippen LogP contribution in [0.3, 0.4) is 0 Å². The molecule has 1 aromatic heterocycles. The van der Waals surface area contributed by atoms with Crippen LogP contribution in [0.25, 0.3) is 11.1 Å². The summed E-state index contributed by atoms with van der Waals surface area (Å²) >= 11 is 0. The van der Waals surface area contributed by atoms with Crippen LogP contribution in [0.2, 0.25) is 0 Å². The fourth-order valence-corrected chi connectivity index (χ4v) is 4.71. The molecule has 0 saturated heterocycles. The summed E-state index contributed by atoms with van der Waals surface area (Å²) < 4.78 is 23.5. The molecule has 5 rings (SSSR count). The number of carbonyl (C=O) groups excluding carboxylic acids is 2. The maximum Gasteiger partial charge on any atom is 0.217 e. The van der Waals surface area contributed by atoms with Crippen LogP contribution >= 0.6 is 0 Å². The maximum atomic E-state index is 11.6. The van der Waals surface area contributed by atoms with Gasteiger partial charge in [0.15, 0.2) is 0 Å². The molecule has 0 radical (unpaired) electrons. The number of anilines is 1. The van der Waals surface area contributed by atoms with Gasteiger partial charge >= 0.3 is 0 Å². The number of nitrogens with one attached hydrogen (secondary N) is 1. The number of fused-ring (bicyclic) bond motifs is 4. The molecule has 3 atom stereocenters. The van der Waals surface area contributed by atoms with Crippen LogP contribution < -0.4 is 10.2 Å². The summed E-state index contributed by atoms with van der Waals surface area (Å²) in [5.41, 5.74) is 5.93. The summed E-state index contributed by atoms with van der Waals surface area (Å²) in [7, 11) is 0. The molecule has 1 amide bonds. The van der Waals surface area contributed by atoms with Gasteiger partial charge in [-0.05, 0) is 59.1 Å². The van der Waals surface area contributed by atoms with E-state index < -0.39 is 6.98 Å². The SMILES string of the molecule is [2H]C([2H])([2H])N1C(=C=O)CCc2cc(-c3cncc4c3[C@H]3C[C@H]3[C@H]4NC(C)=O)ccc21. The molecule has 136 valence electrons. The van der Waals surface area contributed by atoms with Gasteiger partial charge in [0.1, 0.15) is 11.6 Å². The van der Waals surface area contributed by atoms with E-state index in [9.17, 15) is 9.59 Å². The number of benzene rings is 1. The highest BCUT2D eigenvalue weighted by Gasteiger charge is 2.53. The number of pyridine rings is 1. The molecule has 2 heterocycles. The van der Waals surface area contributed by atoms with Gasteiger partial charge in [-0.15, -0.1) is 0 Å². The largest absolute Gasteiger partial charge is 0.349 e. The molecule has 0 spiro atoms. The lowest BCUT2D eigenvalue weighted by Gasteiger charge is -2.28. The fraction of sp³-hybridized carbons (Fsp3) is 0.364. The van der Waals surface area contributed by atoms with Crippen molar-refractivity contribution in [3.8, 4) is 11.1 Å². The molecule has 1 aromatic carbocycles. The summed E-state index contributed by atoms with van der Waals surface area (Å²) in [6.07, 6.45) is 5.69. The van der Waals surface area contributed by atoms with Crippen LogP contribution in [0.4, 0.5) is 5.69 Å². The number of aryl methyl sites for hydroxylation is 1. The van der Waals surface area contributed by atoms with Crippen molar-refractivity contribution in [2.45, 2.75) is 38.1 Å². The molecule has 2 aromatic rings. The van der Waals surface area contributed by atoms with Gasteiger partial charge in [-0.1, -0.05) is 6.07 Å². The van der Waals surface area contributed by atoms with Crippen molar-refractivity contribution in [1.82, 2.24) is 10.3 Å². The van der Waals surface area contributed by atoms with E-state index in [0.717, 1.165) is 33.6 Å². The second kappa shape index (κ2) is 5.80. The van der Waals surface area contributed by atoms with Crippen LogP contribution in [-0.4, -0.2) is 23.8 Å². The van der Waals surface area contributed by atoms with E-state index in [1.165, 1.54) is 12.5 Å². The van der Waals surface area contributed by atoms with Crippen molar-refractivity contribution in [2.75, 3.05) is 11.9 Å². The molecule has 27 heavy (non-hydrogen) atoms. The van der Waals surface area contributed by atoms with Crippen molar-refractivity contribution in [1.29, 1.82) is 0 Å². The highest BCUT2D eigenvalue weighted by molar-refractivity contribution is 5.78. The van der Waals surface area contributed by atoms with Crippen molar-refractivity contribution in [3.05, 3.63) is 53.0 Å². The predicted molar refractivity (Wildman–Crippen MR) is 103 cm³/mol. The van der Waals surface area contributed by atoms with Gasteiger partial charge in [-0.25, -0.2) is 4.79 Å². The number of allylic oxidation sites excluding steroid dienone is 1. The Labute approximate surface area is 162 Å². The number of hydrogen-bond acceptors (Lipinski definition) is 4. The lowest BCUT2D eigenvalue weighted by molar-refractivity contribution is -0.119. The summed E-state index contributed by atoms with van der Waals surface area (Å²) in [6, 6.07) is 5.69. The first kappa shape index (κ1) is 13.3. The first-order valence-corrected chi connectivity index (χ1v) is 9.22. The van der Waals surface area contributed by atoms with Gasteiger partial charge in [0.2, 0.25) is 5.91 Å². The monoisotopic (exact) mass is 362 g/mol. The Morgan fingerprint density at radius 2 is 2.26 bits per heavy atom. The zero-order valence-electron chi connectivity index (χ0n) is 18.0. The number of nitrogens with zero attached hydrogens (tertiary/aromatic N) is 2. The number of rotatable bonds is 2. The lowest BCUT2D eigenvalue weighted by Crippen LogP contribution is -2.26. The maximum absolute atomic E-state index is 11.6. The zero-order valence-corrected chi connectivity index (χ0v) is 15.0. The van der Waals surface area contributed by atoms with Gasteiger partial charge in [0.25, 0.3) is 0 Å². The molecule has 1 fully saturated rings. The van der Waals surface area contributed by atoms with Crippen molar-refractivity contribution in [3.63, 3.8) is 0 Å². The van der Waals surface area contributed by atoms with Gasteiger partial charge < -0.3 is 10.2 Å². The van der Waals surface area contributed by atoms with Gasteiger partial charge in [-0.3, -0.25) is 9.78 Å². The first-order chi connectivity index (χ1) is 14.3. The normalized spacial score (nSPS) is 26.7. The van der Waals surface area contributed by atoms with E-state index in [1.54, 1.807) is 12.0 Å². The Morgan fingerprint density at radius 1 is 1.37 bits per heavy atom. The third-order valence-corrected chi connectivity index (χ3v) is 6.00. The Morgan fingerprint density at radius 3 is 3.04 bits per heavy atom. The van der Waals surface area contributed by atoms with E-state index in [2.05, 4.69) is 10.3 Å². The first-order valence-electron chi connectivity index (χ1n) is 10.7. The molecule has 5 nitrogen and oxygen atoms in total. The molecular formula is C22H21N3O2. The van der Waals surface area contributed by atoms with Crippen molar-refractivity contribution in [2.24, 2.45) is 5.92 Å². The van der Waals surface area contributed by atoms with Crippen LogP contribution in [0.15, 0.2) is 36.3 Å². The summed E-state index contributed by atoms with van der Waals surface area (Å²) in [5.74, 6) is 2.61. The molecule has 0 bridgehead atoms. The fourth-order valence-electron chi connectivity index (χ4n) is 4.71. The standard InChI is InChI=1S/C22H21N3O2/c1-12(27)24-22-17-8-16(17)21-18(9-23-10-19(21)22)13-4-6-20-14(7-13)3-5-15(11-26)25(20)2/h4,6-7,9-10,16-17,22H,3,5,8H2,1-2H3,(H,24,27)/t16-,17+,22+/m0/s1/i2D3. The molecule has 5 heteroatoms. The minimum absolute atomic E-state index is 0.0129. The second-order valence-electron chi connectivity index (χ2n) is 7.60. The molecular weight excluding hydrogens is 338 g/mol. The van der Waals surface area contributed by atoms with E-state index in [-0.39, 0.29) is 17.6 Å². The van der Waals surface area contributed by atoms with E-state index >= 15 is 0 Å². The Kier molecular flexibility index (Phi) is 2.85. The van der Waals surface area contributed by atoms with Crippen molar-refractivity contribution < 1.29 is 13.7 Å². The molecule has 1 saturated carbocycles. The molecule has 1 N–H and O–H groups in total. The van der Waals surface area contributed by atoms with Gasteiger partial charge in [0, 0.05) is 48.1 Å². The molecule has 1 aliphatic heterocycles. The van der Waals surface area contributed by atoms with Crippen LogP contribution in [-0.2, 0) is 16.0 Å². The average Bonchev–Trinajstić information content (AvgIpc) is 3.43. The highest BCUT2D eigenvalue weighted by Crippen LogP contribution is 2.63. The highest BCUT2D eigenvalue weighted by atomic mass is 16.1. The Bertz CT molecular complexity index is 1120. The quantitative estimate of drug-likeness (QED) is 0.834. The smallest absolute Gasteiger partial charge is 0.217 e. The number of aromatic nitrogens is 1. The number of amides is 1. The zero-order chi connectivity index (χ0) is 21.2. The lowest BCUT2D eigenvalue weighted by atomic mass is 9.92. The summed E-state index contributed by atoms with van der Waals surface area (Å²) in [6.45, 7) is -0.902. The minimum atomic E-state index is -2.44. The number of hydrogen-bond donors (Lipinski definition) is 1. The summed E-state index contributed by atoms with van der Waals surface area (Å²) in [5, 5.41) is 3.06. The number of carbonyl (C=O) groups is 1. The third kappa shape index (κ3) is 2.42. The minimum Gasteiger partial charge on any atom is -0.349 e. The molecule has 2 aliphatic carbocycles. The third-order valence-electron chi connectivity index (χ3n) is 6.00. The Hall–Kier alpha value is -2.91. The van der Waals surface area contributed by atoms with Crippen molar-refractivity contribution >= 4 is 17.5 Å².